The Balaban J connectivity index is 4.31. The zero-order valence-electron chi connectivity index (χ0n) is 46.3. The number of allylic oxidation sites excluding steroid dienone is 6. The standard InChI is InChI=1S/C63H116O6/c1-4-7-10-13-16-19-22-25-27-29-31-33-35-38-41-44-47-50-53-56-62(65)68-59-60(58-67-61(64)55-52-49-46-43-40-37-24-21-18-15-12-9-6-3)69-63(66)57-54-51-48-45-42-39-36-34-32-30-28-26-23-20-17-14-11-8-5-2/h12,15,21,24-25,27,60H,4-11,13-14,16-20,22-23,26,28-59H2,1-3H3/b15-12-,24-21-,27-25-. The van der Waals surface area contributed by atoms with E-state index in [0.717, 1.165) is 83.5 Å². The first-order valence-corrected chi connectivity index (χ1v) is 30.5. The van der Waals surface area contributed by atoms with Crippen molar-refractivity contribution in [1.82, 2.24) is 0 Å². The van der Waals surface area contributed by atoms with Crippen LogP contribution in [-0.4, -0.2) is 37.2 Å². The summed E-state index contributed by atoms with van der Waals surface area (Å²) in [5, 5.41) is 0. The predicted octanol–water partition coefficient (Wildman–Crippen LogP) is 20.4. The lowest BCUT2D eigenvalue weighted by atomic mass is 10.0. The van der Waals surface area contributed by atoms with Gasteiger partial charge in [-0.2, -0.15) is 0 Å². The quantitative estimate of drug-likeness (QED) is 0.0261. The monoisotopic (exact) mass is 969 g/mol. The number of carbonyl (C=O) groups excluding carboxylic acids is 3. The van der Waals surface area contributed by atoms with Crippen molar-refractivity contribution in [3.63, 3.8) is 0 Å². The molecule has 0 N–H and O–H groups in total. The molecule has 0 fully saturated rings. The number of carbonyl (C=O) groups is 3. The number of ether oxygens (including phenoxy) is 3. The molecule has 69 heavy (non-hydrogen) atoms. The van der Waals surface area contributed by atoms with E-state index in [9.17, 15) is 14.4 Å². The summed E-state index contributed by atoms with van der Waals surface area (Å²) < 4.78 is 16.9. The van der Waals surface area contributed by atoms with Gasteiger partial charge in [0.05, 0.1) is 0 Å². The van der Waals surface area contributed by atoms with Crippen LogP contribution in [0.15, 0.2) is 36.5 Å². The van der Waals surface area contributed by atoms with Crippen LogP contribution in [-0.2, 0) is 28.6 Å². The minimum absolute atomic E-state index is 0.0740. The molecule has 6 heteroatoms. The lowest BCUT2D eigenvalue weighted by molar-refractivity contribution is -0.167. The highest BCUT2D eigenvalue weighted by Crippen LogP contribution is 2.17. The summed E-state index contributed by atoms with van der Waals surface area (Å²) >= 11 is 0. The molecule has 0 aromatic rings. The molecule has 0 bridgehead atoms. The molecule has 0 aromatic carbocycles. The van der Waals surface area contributed by atoms with Gasteiger partial charge in [-0.25, -0.2) is 0 Å². The second kappa shape index (κ2) is 58.2. The average molecular weight is 970 g/mol. The summed E-state index contributed by atoms with van der Waals surface area (Å²) in [5.74, 6) is -0.870. The second-order valence-electron chi connectivity index (χ2n) is 20.6. The third-order valence-electron chi connectivity index (χ3n) is 13.6. The van der Waals surface area contributed by atoms with Gasteiger partial charge >= 0.3 is 17.9 Å². The van der Waals surface area contributed by atoms with Gasteiger partial charge in [0.25, 0.3) is 0 Å². The molecule has 0 aromatic heterocycles. The molecular weight excluding hydrogens is 853 g/mol. The fraction of sp³-hybridized carbons (Fsp3) is 0.857. The molecule has 0 saturated carbocycles. The van der Waals surface area contributed by atoms with Crippen molar-refractivity contribution in [3.8, 4) is 0 Å². The Morgan fingerprint density at radius 1 is 0.290 bits per heavy atom. The maximum Gasteiger partial charge on any atom is 0.306 e. The molecule has 1 atom stereocenters. The second-order valence-corrected chi connectivity index (χ2v) is 20.6. The zero-order chi connectivity index (χ0) is 50.0. The summed E-state index contributed by atoms with van der Waals surface area (Å²) in [6, 6.07) is 0. The van der Waals surface area contributed by atoms with Crippen LogP contribution < -0.4 is 0 Å². The van der Waals surface area contributed by atoms with E-state index < -0.39 is 6.10 Å². The smallest absolute Gasteiger partial charge is 0.306 e. The van der Waals surface area contributed by atoms with E-state index in [0.29, 0.717) is 19.3 Å². The molecule has 0 radical (unpaired) electrons. The van der Waals surface area contributed by atoms with E-state index in [2.05, 4.69) is 57.2 Å². The average Bonchev–Trinajstić information content (AvgIpc) is 3.35. The third kappa shape index (κ3) is 56.4. The zero-order valence-corrected chi connectivity index (χ0v) is 46.3. The number of rotatable bonds is 56. The van der Waals surface area contributed by atoms with E-state index >= 15 is 0 Å². The molecule has 0 heterocycles. The van der Waals surface area contributed by atoms with Gasteiger partial charge in [-0.05, 0) is 70.6 Å². The Hall–Kier alpha value is -2.37. The number of unbranched alkanes of at least 4 members (excludes halogenated alkanes) is 39. The van der Waals surface area contributed by atoms with Gasteiger partial charge in [0.2, 0.25) is 0 Å². The molecule has 0 aliphatic heterocycles. The molecule has 6 nitrogen and oxygen atoms in total. The first-order valence-electron chi connectivity index (χ1n) is 30.5. The molecular formula is C63H116O6. The van der Waals surface area contributed by atoms with Crippen LogP contribution in [0.5, 0.6) is 0 Å². The molecule has 0 rings (SSSR count). The fourth-order valence-corrected chi connectivity index (χ4v) is 9.01. The van der Waals surface area contributed by atoms with Crippen LogP contribution in [0.4, 0.5) is 0 Å². The van der Waals surface area contributed by atoms with Crippen LogP contribution >= 0.6 is 0 Å². The highest BCUT2D eigenvalue weighted by Gasteiger charge is 2.19. The van der Waals surface area contributed by atoms with Crippen LogP contribution in [0.3, 0.4) is 0 Å². The summed E-state index contributed by atoms with van der Waals surface area (Å²) in [7, 11) is 0. The third-order valence-corrected chi connectivity index (χ3v) is 13.6. The maximum absolute atomic E-state index is 12.9. The van der Waals surface area contributed by atoms with E-state index in [1.807, 2.05) is 0 Å². The van der Waals surface area contributed by atoms with Crippen molar-refractivity contribution >= 4 is 17.9 Å². The van der Waals surface area contributed by atoms with Gasteiger partial charge in [0.15, 0.2) is 6.10 Å². The molecule has 0 aliphatic carbocycles. The molecule has 0 amide bonds. The Morgan fingerprint density at radius 2 is 0.551 bits per heavy atom. The Kier molecular flexibility index (Phi) is 56.2. The van der Waals surface area contributed by atoms with E-state index in [1.165, 1.54) is 205 Å². The summed E-state index contributed by atoms with van der Waals surface area (Å²) in [6.45, 7) is 6.61. The molecule has 0 spiro atoms. The number of hydrogen-bond donors (Lipinski definition) is 0. The maximum atomic E-state index is 12.9. The topological polar surface area (TPSA) is 78.9 Å². The minimum Gasteiger partial charge on any atom is -0.462 e. The first kappa shape index (κ1) is 66.6. The highest BCUT2D eigenvalue weighted by molar-refractivity contribution is 5.71. The fourth-order valence-electron chi connectivity index (χ4n) is 9.01. The van der Waals surface area contributed by atoms with Crippen LogP contribution in [0, 0.1) is 0 Å². The lowest BCUT2D eigenvalue weighted by Gasteiger charge is -2.18. The van der Waals surface area contributed by atoms with Gasteiger partial charge < -0.3 is 14.2 Å². The summed E-state index contributed by atoms with van der Waals surface area (Å²) in [5.41, 5.74) is 0. The molecule has 0 aliphatic rings. The summed E-state index contributed by atoms with van der Waals surface area (Å²) in [4.78, 5) is 38.2. The molecule has 404 valence electrons. The summed E-state index contributed by atoms with van der Waals surface area (Å²) in [6.07, 6.45) is 70.0. The minimum atomic E-state index is -0.776. The van der Waals surface area contributed by atoms with Gasteiger partial charge in [-0.1, -0.05) is 276 Å². The van der Waals surface area contributed by atoms with E-state index in [4.69, 9.17) is 14.2 Å². The van der Waals surface area contributed by atoms with Crippen LogP contribution in [0.25, 0.3) is 0 Å². The van der Waals surface area contributed by atoms with Crippen LogP contribution in [0.2, 0.25) is 0 Å². The van der Waals surface area contributed by atoms with Gasteiger partial charge in [0.1, 0.15) is 13.2 Å². The first-order chi connectivity index (χ1) is 34.0. The Labute approximate surface area is 429 Å². The van der Waals surface area contributed by atoms with Crippen molar-refractivity contribution in [2.75, 3.05) is 13.2 Å². The van der Waals surface area contributed by atoms with Crippen molar-refractivity contribution in [2.24, 2.45) is 0 Å². The van der Waals surface area contributed by atoms with Crippen LogP contribution in [0.1, 0.15) is 329 Å². The Bertz CT molecular complexity index is 1160. The predicted molar refractivity (Wildman–Crippen MR) is 298 cm³/mol. The lowest BCUT2D eigenvalue weighted by Crippen LogP contribution is -2.30. The van der Waals surface area contributed by atoms with Gasteiger partial charge in [0, 0.05) is 19.3 Å². The SMILES string of the molecule is CCC/C=C\C/C=C\CCCCCCCC(=O)OCC(COC(=O)CCCCCCCCCCC/C=C\CCCCCCCC)OC(=O)CCCCCCCCCCCCCCCCCCCCC. The Morgan fingerprint density at radius 3 is 0.870 bits per heavy atom. The molecule has 1 unspecified atom stereocenters. The van der Waals surface area contributed by atoms with Crippen molar-refractivity contribution < 1.29 is 28.6 Å². The van der Waals surface area contributed by atoms with Crippen molar-refractivity contribution in [2.45, 2.75) is 335 Å². The van der Waals surface area contributed by atoms with E-state index in [-0.39, 0.29) is 31.1 Å². The van der Waals surface area contributed by atoms with Gasteiger partial charge in [-0.15, -0.1) is 0 Å². The van der Waals surface area contributed by atoms with E-state index in [1.54, 1.807) is 0 Å². The normalized spacial score (nSPS) is 12.2. The highest BCUT2D eigenvalue weighted by atomic mass is 16.6. The number of hydrogen-bond acceptors (Lipinski definition) is 6. The molecule has 0 saturated heterocycles. The largest absolute Gasteiger partial charge is 0.462 e. The number of esters is 3. The van der Waals surface area contributed by atoms with Crippen molar-refractivity contribution in [3.05, 3.63) is 36.5 Å². The van der Waals surface area contributed by atoms with Crippen molar-refractivity contribution in [1.29, 1.82) is 0 Å². The van der Waals surface area contributed by atoms with Gasteiger partial charge in [-0.3, -0.25) is 14.4 Å².